The van der Waals surface area contributed by atoms with Gasteiger partial charge in [0.25, 0.3) is 5.91 Å². The first-order valence-corrected chi connectivity index (χ1v) is 14.6. The monoisotopic (exact) mass is 569 g/mol. The minimum atomic E-state index is -1.00. The van der Waals surface area contributed by atoms with Gasteiger partial charge in [0, 0.05) is 48.9 Å². The Balaban J connectivity index is 1.32. The van der Waals surface area contributed by atoms with Crippen molar-refractivity contribution in [3.63, 3.8) is 0 Å². The Morgan fingerprint density at radius 3 is 2.71 bits per heavy atom. The maximum absolute atomic E-state index is 13.8. The van der Waals surface area contributed by atoms with E-state index in [1.165, 1.54) is 21.4 Å². The van der Waals surface area contributed by atoms with E-state index in [-0.39, 0.29) is 13.1 Å². The van der Waals surface area contributed by atoms with Gasteiger partial charge in [0.05, 0.1) is 12.2 Å². The van der Waals surface area contributed by atoms with Crippen LogP contribution in [-0.4, -0.2) is 90.7 Å². The summed E-state index contributed by atoms with van der Waals surface area (Å²) in [6.07, 6.45) is 2.97. The van der Waals surface area contributed by atoms with Crippen molar-refractivity contribution in [2.45, 2.75) is 37.9 Å². The van der Waals surface area contributed by atoms with Gasteiger partial charge in [-0.3, -0.25) is 4.79 Å². The minimum absolute atomic E-state index is 0.0784. The predicted molar refractivity (Wildman–Crippen MR) is 161 cm³/mol. The predicted octanol–water partition coefficient (Wildman–Crippen LogP) is 4.09. The van der Waals surface area contributed by atoms with Crippen molar-refractivity contribution >= 4 is 28.2 Å². The molecule has 0 aliphatic carbocycles. The normalized spacial score (nSPS) is 20.8. The third-order valence-corrected chi connectivity index (χ3v) is 8.78. The van der Waals surface area contributed by atoms with E-state index in [2.05, 4.69) is 75.6 Å². The van der Waals surface area contributed by atoms with Crippen molar-refractivity contribution in [2.75, 3.05) is 62.7 Å². The van der Waals surface area contributed by atoms with Gasteiger partial charge in [-0.15, -0.1) is 0 Å². The molecule has 1 aromatic heterocycles. The summed E-state index contributed by atoms with van der Waals surface area (Å²) in [6.45, 7) is 14.8. The highest BCUT2D eigenvalue weighted by atomic mass is 19.1. The fourth-order valence-electron chi connectivity index (χ4n) is 6.50. The number of fused-ring (bicyclic) bond motifs is 2. The van der Waals surface area contributed by atoms with Crippen LogP contribution in [0.25, 0.3) is 15.6 Å². The number of rotatable bonds is 7. The smallest absolute Gasteiger partial charge is 0.318 e. The minimum Gasteiger partial charge on any atom is -0.462 e. The molecule has 3 aliphatic heterocycles. The van der Waals surface area contributed by atoms with Crippen LogP contribution in [0.3, 0.4) is 0 Å². The number of hydrogen-bond acceptors (Lipinski definition) is 7. The molecule has 10 heteroatoms. The van der Waals surface area contributed by atoms with Crippen LogP contribution in [0.1, 0.15) is 24.1 Å². The molecule has 1 amide bonds. The molecule has 42 heavy (non-hydrogen) atoms. The molecule has 0 spiro atoms. The Kier molecular flexibility index (Phi) is 7.94. The molecular weight excluding hydrogens is 533 g/mol. The van der Waals surface area contributed by atoms with Crippen LogP contribution in [0.15, 0.2) is 54.9 Å². The highest BCUT2D eigenvalue weighted by Gasteiger charge is 2.36. The quantitative estimate of drug-likeness (QED) is 0.314. The van der Waals surface area contributed by atoms with Gasteiger partial charge in [-0.1, -0.05) is 43.0 Å². The van der Waals surface area contributed by atoms with E-state index < -0.39 is 17.8 Å². The van der Waals surface area contributed by atoms with Gasteiger partial charge < -0.3 is 29.2 Å². The lowest BCUT2D eigenvalue weighted by Crippen LogP contribution is -2.57. The van der Waals surface area contributed by atoms with Crippen LogP contribution in [0.5, 0.6) is 6.01 Å². The summed E-state index contributed by atoms with van der Waals surface area (Å²) in [5, 5.41) is 2.40. The van der Waals surface area contributed by atoms with E-state index in [4.69, 9.17) is 21.3 Å². The molecule has 0 unspecified atom stereocenters. The number of likely N-dealkylation sites (N-methyl/N-ethyl adjacent to an activating group) is 1. The molecule has 0 N–H and O–H groups in total. The first-order valence-electron chi connectivity index (χ1n) is 14.6. The summed E-state index contributed by atoms with van der Waals surface area (Å²) in [5.74, 6) is -0.962. The lowest BCUT2D eigenvalue weighted by molar-refractivity contribution is -0.131. The fourth-order valence-corrected chi connectivity index (χ4v) is 6.50. The molecule has 6 rings (SSSR count). The number of carbonyl (C=O) groups excluding carboxylic acids is 1. The van der Waals surface area contributed by atoms with Gasteiger partial charge in [-0.2, -0.15) is 9.97 Å². The number of anilines is 2. The van der Waals surface area contributed by atoms with Gasteiger partial charge >= 0.3 is 6.01 Å². The molecule has 0 saturated carbocycles. The van der Waals surface area contributed by atoms with Gasteiger partial charge in [0.15, 0.2) is 5.83 Å². The van der Waals surface area contributed by atoms with Crippen molar-refractivity contribution in [2.24, 2.45) is 0 Å². The Hall–Kier alpha value is -4.23. The van der Waals surface area contributed by atoms with Crippen LogP contribution in [0, 0.1) is 6.57 Å². The van der Waals surface area contributed by atoms with Gasteiger partial charge in [-0.05, 0) is 44.3 Å². The lowest BCUT2D eigenvalue weighted by Gasteiger charge is -2.41. The van der Waals surface area contributed by atoms with E-state index >= 15 is 0 Å². The Bertz CT molecular complexity index is 1530. The number of piperazine rings is 1. The number of halogens is 1. The molecule has 218 valence electrons. The summed E-state index contributed by atoms with van der Waals surface area (Å²) >= 11 is 0. The standard InChI is InChI=1S/C32H36FN7O2/c1-22(33)31(41)40-17-16-39(19-25(40)18-34-2)30-27-13-15-38(29-12-6-9-23-8-4-5-11-26(23)29)20-28(27)35-32(36-30)42-21-24-10-7-14-37(24)3/h4-6,8-9,11-12,24-25H,1,7,10,13-21H2,3H3/t24-,25-/m0/s1. The van der Waals surface area contributed by atoms with E-state index in [0.29, 0.717) is 38.3 Å². The zero-order chi connectivity index (χ0) is 29.2. The van der Waals surface area contributed by atoms with Gasteiger partial charge in [0.2, 0.25) is 6.54 Å². The molecule has 3 aliphatic rings. The van der Waals surface area contributed by atoms with Crippen molar-refractivity contribution in [3.8, 4) is 6.01 Å². The Morgan fingerprint density at radius 1 is 1.10 bits per heavy atom. The highest BCUT2D eigenvalue weighted by Crippen LogP contribution is 2.35. The maximum atomic E-state index is 13.8. The largest absolute Gasteiger partial charge is 0.462 e. The highest BCUT2D eigenvalue weighted by molar-refractivity contribution is 5.94. The number of ether oxygens (including phenoxy) is 1. The zero-order valence-corrected chi connectivity index (χ0v) is 24.0. The summed E-state index contributed by atoms with van der Waals surface area (Å²) in [4.78, 5) is 34.1. The molecule has 2 fully saturated rings. The first kappa shape index (κ1) is 27.9. The third-order valence-electron chi connectivity index (χ3n) is 8.78. The van der Waals surface area contributed by atoms with Crippen molar-refractivity contribution in [1.29, 1.82) is 0 Å². The van der Waals surface area contributed by atoms with E-state index in [1.807, 2.05) is 0 Å². The Labute approximate surface area is 246 Å². The number of hydrogen-bond donors (Lipinski definition) is 0. The van der Waals surface area contributed by atoms with Crippen LogP contribution in [0.4, 0.5) is 15.9 Å². The van der Waals surface area contributed by atoms with Crippen LogP contribution < -0.4 is 14.5 Å². The number of amides is 1. The van der Waals surface area contributed by atoms with Crippen molar-refractivity contribution in [3.05, 3.63) is 77.5 Å². The second-order valence-corrected chi connectivity index (χ2v) is 11.4. The molecular formula is C32H36FN7O2. The molecule has 2 aromatic carbocycles. The van der Waals surface area contributed by atoms with Crippen molar-refractivity contribution < 1.29 is 13.9 Å². The topological polar surface area (TPSA) is 69.4 Å². The Morgan fingerprint density at radius 2 is 1.93 bits per heavy atom. The van der Waals surface area contributed by atoms with Gasteiger partial charge in [-0.25, -0.2) is 11.0 Å². The average molecular weight is 570 g/mol. The molecule has 2 atom stereocenters. The third kappa shape index (κ3) is 5.49. The first-order chi connectivity index (χ1) is 20.4. The number of likely N-dealkylation sites (tertiary alicyclic amines) is 1. The maximum Gasteiger partial charge on any atom is 0.318 e. The summed E-state index contributed by atoms with van der Waals surface area (Å²) in [5.41, 5.74) is 3.16. The summed E-state index contributed by atoms with van der Waals surface area (Å²) < 4.78 is 20.0. The molecule has 0 bridgehead atoms. The summed E-state index contributed by atoms with van der Waals surface area (Å²) in [6, 6.07) is 15.0. The second-order valence-electron chi connectivity index (χ2n) is 11.4. The fraction of sp³-hybridized carbons (Fsp3) is 0.438. The number of aromatic nitrogens is 2. The van der Waals surface area contributed by atoms with E-state index in [9.17, 15) is 9.18 Å². The van der Waals surface area contributed by atoms with Crippen LogP contribution in [0.2, 0.25) is 0 Å². The van der Waals surface area contributed by atoms with Crippen LogP contribution >= 0.6 is 0 Å². The molecule has 3 aromatic rings. The molecule has 9 nitrogen and oxygen atoms in total. The molecule has 4 heterocycles. The number of nitrogens with zero attached hydrogens (tertiary/aromatic N) is 7. The second kappa shape index (κ2) is 11.9. The van der Waals surface area contributed by atoms with E-state index in [1.54, 1.807) is 0 Å². The number of benzene rings is 2. The van der Waals surface area contributed by atoms with Gasteiger partial charge in [0.1, 0.15) is 18.5 Å². The molecule has 2 saturated heterocycles. The summed E-state index contributed by atoms with van der Waals surface area (Å²) in [7, 11) is 2.12. The van der Waals surface area contributed by atoms with E-state index in [0.717, 1.165) is 49.4 Å². The van der Waals surface area contributed by atoms with Crippen LogP contribution in [-0.2, 0) is 17.8 Å². The zero-order valence-electron chi connectivity index (χ0n) is 24.0. The van der Waals surface area contributed by atoms with Crippen molar-refractivity contribution in [1.82, 2.24) is 19.8 Å². The molecule has 0 radical (unpaired) electrons. The SMILES string of the molecule is [C-]#[N+]C[C@H]1CN(c2nc(OC[C@@H]3CCCN3C)nc3c2CCN(c2cccc4ccccc24)C3)CCN1C(=O)C(=C)F. The lowest BCUT2D eigenvalue weighted by atomic mass is 10.0. The number of carbonyl (C=O) groups is 1. The average Bonchev–Trinajstić information content (AvgIpc) is 3.43.